The number of carbonyl (C=O) groups excluding carboxylic acids is 1. The maximum Gasteiger partial charge on any atom is 0.339 e. The van der Waals surface area contributed by atoms with Gasteiger partial charge in [-0.25, -0.2) is 9.78 Å². The minimum Gasteiger partial charge on any atom is -0.455 e. The van der Waals surface area contributed by atoms with Crippen LogP contribution >= 0.6 is 0 Å². The Kier molecular flexibility index (Phi) is 4.53. The third-order valence-electron chi connectivity index (χ3n) is 3.97. The third-order valence-corrected chi connectivity index (χ3v) is 3.97. The zero-order valence-corrected chi connectivity index (χ0v) is 14.6. The van der Waals surface area contributed by atoms with Gasteiger partial charge in [-0.05, 0) is 19.1 Å². The molecule has 4 aromatic rings. The Hall–Kier alpha value is -3.67. The molecule has 0 N–H and O–H groups in total. The van der Waals surface area contributed by atoms with Crippen LogP contribution in [0.4, 0.5) is 0 Å². The van der Waals surface area contributed by atoms with Crippen LogP contribution in [0.3, 0.4) is 0 Å². The quantitative estimate of drug-likeness (QED) is 0.482. The fraction of sp³-hybridized carbons (Fsp3) is 0.0952. The van der Waals surface area contributed by atoms with Gasteiger partial charge in [0.05, 0.1) is 17.3 Å². The van der Waals surface area contributed by atoms with Gasteiger partial charge in [-0.3, -0.25) is 0 Å². The first-order chi connectivity index (χ1) is 13.2. The van der Waals surface area contributed by atoms with Gasteiger partial charge in [-0.1, -0.05) is 47.6 Å². The molecule has 0 amide bonds. The number of aryl methyl sites for hydroxylation is 1. The van der Waals surface area contributed by atoms with Gasteiger partial charge in [0.2, 0.25) is 5.89 Å². The number of esters is 1. The molecular weight excluding hydrogens is 344 g/mol. The summed E-state index contributed by atoms with van der Waals surface area (Å²) in [6, 6.07) is 18.4. The van der Waals surface area contributed by atoms with Gasteiger partial charge in [0.25, 0.3) is 0 Å². The van der Waals surface area contributed by atoms with E-state index in [2.05, 4.69) is 10.1 Å². The molecule has 0 atom stereocenters. The zero-order valence-electron chi connectivity index (χ0n) is 14.6. The summed E-state index contributed by atoms with van der Waals surface area (Å²) in [6.45, 7) is 1.81. The summed E-state index contributed by atoms with van der Waals surface area (Å²) < 4.78 is 16.2. The highest BCUT2D eigenvalue weighted by Crippen LogP contribution is 2.28. The minimum absolute atomic E-state index is 0.0331. The molecule has 0 saturated heterocycles. The van der Waals surface area contributed by atoms with E-state index in [1.54, 1.807) is 37.4 Å². The highest BCUT2D eigenvalue weighted by Gasteiger charge is 2.18. The fourth-order valence-corrected chi connectivity index (χ4v) is 2.69. The molecule has 4 rings (SSSR count). The molecule has 0 fully saturated rings. The largest absolute Gasteiger partial charge is 0.455 e. The van der Waals surface area contributed by atoms with Gasteiger partial charge >= 0.3 is 5.97 Å². The van der Waals surface area contributed by atoms with Crippen LogP contribution in [0.5, 0.6) is 0 Å². The molecule has 6 heteroatoms. The second kappa shape index (κ2) is 7.29. The van der Waals surface area contributed by atoms with E-state index in [1.165, 1.54) is 0 Å². The Balaban J connectivity index is 1.58. The van der Waals surface area contributed by atoms with Crippen LogP contribution < -0.4 is 0 Å². The number of ether oxygens (including phenoxy) is 1. The minimum atomic E-state index is -0.481. The topological polar surface area (TPSA) is 78.4 Å². The predicted octanol–water partition coefficient (Wildman–Crippen LogP) is 4.66. The second-order valence-electron chi connectivity index (χ2n) is 5.95. The van der Waals surface area contributed by atoms with Crippen LogP contribution in [0.25, 0.3) is 22.8 Å². The molecule has 0 aliphatic rings. The fourth-order valence-electron chi connectivity index (χ4n) is 2.69. The van der Waals surface area contributed by atoms with E-state index in [0.29, 0.717) is 34.2 Å². The van der Waals surface area contributed by atoms with Crippen LogP contribution in [-0.4, -0.2) is 16.1 Å². The number of hydrogen-bond donors (Lipinski definition) is 0. The number of benzene rings is 2. The monoisotopic (exact) mass is 360 g/mol. The van der Waals surface area contributed by atoms with E-state index in [0.717, 1.165) is 5.56 Å². The number of hydrogen-bond acceptors (Lipinski definition) is 6. The van der Waals surface area contributed by atoms with Crippen molar-refractivity contribution in [1.82, 2.24) is 10.1 Å². The van der Waals surface area contributed by atoms with Crippen LogP contribution in [0.15, 0.2) is 75.8 Å². The van der Waals surface area contributed by atoms with E-state index in [1.807, 2.05) is 36.4 Å². The van der Waals surface area contributed by atoms with Crippen molar-refractivity contribution in [3.8, 4) is 22.8 Å². The van der Waals surface area contributed by atoms with E-state index < -0.39 is 5.97 Å². The Bertz CT molecular complexity index is 1070. The molecule has 6 nitrogen and oxygen atoms in total. The normalized spacial score (nSPS) is 10.7. The molecule has 0 aliphatic heterocycles. The number of oxazole rings is 1. The van der Waals surface area contributed by atoms with Crippen LogP contribution in [0, 0.1) is 6.92 Å². The average molecular weight is 360 g/mol. The summed E-state index contributed by atoms with van der Waals surface area (Å²) in [6.07, 6.45) is 1.64. The SMILES string of the molecule is Cc1cc(COC(=O)c2ccccc2-c2ncc(-c3ccccc3)o2)no1. The highest BCUT2D eigenvalue weighted by molar-refractivity contribution is 5.96. The summed E-state index contributed by atoms with van der Waals surface area (Å²) >= 11 is 0. The lowest BCUT2D eigenvalue weighted by molar-refractivity contribution is 0.0465. The molecule has 0 radical (unpaired) electrons. The standard InChI is InChI=1S/C21H16N2O4/c1-14-11-16(23-27-14)13-25-21(24)18-10-6-5-9-17(18)20-22-12-19(26-20)15-7-3-2-4-8-15/h2-12H,13H2,1H3. The van der Waals surface area contributed by atoms with E-state index in [4.69, 9.17) is 13.7 Å². The van der Waals surface area contributed by atoms with Gasteiger partial charge in [0.1, 0.15) is 18.1 Å². The first-order valence-corrected chi connectivity index (χ1v) is 8.40. The van der Waals surface area contributed by atoms with Gasteiger partial charge in [-0.2, -0.15) is 0 Å². The lowest BCUT2D eigenvalue weighted by atomic mass is 10.1. The maximum absolute atomic E-state index is 12.5. The Labute approximate surface area is 155 Å². The highest BCUT2D eigenvalue weighted by atomic mass is 16.5. The Morgan fingerprint density at radius 2 is 1.85 bits per heavy atom. The summed E-state index contributed by atoms with van der Waals surface area (Å²) in [5.74, 6) is 1.17. The number of nitrogens with zero attached hydrogens (tertiary/aromatic N) is 2. The Morgan fingerprint density at radius 3 is 2.63 bits per heavy atom. The molecule has 134 valence electrons. The van der Waals surface area contributed by atoms with Crippen molar-refractivity contribution in [3.05, 3.63) is 83.9 Å². The van der Waals surface area contributed by atoms with Crippen molar-refractivity contribution in [3.63, 3.8) is 0 Å². The predicted molar refractivity (Wildman–Crippen MR) is 97.7 cm³/mol. The molecule has 0 spiro atoms. The van der Waals surface area contributed by atoms with Crippen LogP contribution in [-0.2, 0) is 11.3 Å². The lowest BCUT2D eigenvalue weighted by Gasteiger charge is -2.06. The van der Waals surface area contributed by atoms with Gasteiger partial charge in [0, 0.05) is 11.6 Å². The van der Waals surface area contributed by atoms with E-state index in [-0.39, 0.29) is 6.61 Å². The summed E-state index contributed by atoms with van der Waals surface area (Å²) in [5.41, 5.74) is 2.42. The first-order valence-electron chi connectivity index (χ1n) is 8.40. The number of aromatic nitrogens is 2. The van der Waals surface area contributed by atoms with Gasteiger partial charge in [0.15, 0.2) is 5.76 Å². The van der Waals surface area contributed by atoms with Crippen LogP contribution in [0.2, 0.25) is 0 Å². The van der Waals surface area contributed by atoms with Crippen molar-refractivity contribution < 1.29 is 18.5 Å². The van der Waals surface area contributed by atoms with Crippen molar-refractivity contribution in [2.24, 2.45) is 0 Å². The van der Waals surface area contributed by atoms with Crippen molar-refractivity contribution in [2.75, 3.05) is 0 Å². The second-order valence-corrected chi connectivity index (χ2v) is 5.95. The molecule has 2 heterocycles. The molecule has 0 unspecified atom stereocenters. The van der Waals surface area contributed by atoms with Crippen LogP contribution in [0.1, 0.15) is 21.8 Å². The molecule has 2 aromatic carbocycles. The molecule has 0 saturated carbocycles. The lowest BCUT2D eigenvalue weighted by Crippen LogP contribution is -2.07. The number of rotatable bonds is 5. The molecule has 0 aliphatic carbocycles. The smallest absolute Gasteiger partial charge is 0.339 e. The van der Waals surface area contributed by atoms with E-state index >= 15 is 0 Å². The zero-order chi connectivity index (χ0) is 18.6. The molecular formula is C21H16N2O4. The number of carbonyl (C=O) groups is 1. The maximum atomic E-state index is 12.5. The first kappa shape index (κ1) is 16.8. The average Bonchev–Trinajstić information content (AvgIpc) is 3.36. The summed E-state index contributed by atoms with van der Waals surface area (Å²) in [4.78, 5) is 16.9. The molecule has 27 heavy (non-hydrogen) atoms. The molecule has 2 aromatic heterocycles. The van der Waals surface area contributed by atoms with Crippen molar-refractivity contribution in [2.45, 2.75) is 13.5 Å². The summed E-state index contributed by atoms with van der Waals surface area (Å²) in [5, 5.41) is 3.82. The van der Waals surface area contributed by atoms with Gasteiger partial charge in [-0.15, -0.1) is 0 Å². The van der Waals surface area contributed by atoms with E-state index in [9.17, 15) is 4.79 Å². The summed E-state index contributed by atoms with van der Waals surface area (Å²) in [7, 11) is 0. The van der Waals surface area contributed by atoms with Gasteiger partial charge < -0.3 is 13.7 Å². The Morgan fingerprint density at radius 1 is 1.07 bits per heavy atom. The molecule has 0 bridgehead atoms. The third kappa shape index (κ3) is 3.64. The van der Waals surface area contributed by atoms with Crippen molar-refractivity contribution in [1.29, 1.82) is 0 Å². The van der Waals surface area contributed by atoms with Crippen molar-refractivity contribution >= 4 is 5.97 Å².